The van der Waals surface area contributed by atoms with Gasteiger partial charge in [-0.05, 0) is 35.0 Å². The first-order chi connectivity index (χ1) is 10.3. The summed E-state index contributed by atoms with van der Waals surface area (Å²) >= 11 is 1.40. The number of anilines is 1. The van der Waals surface area contributed by atoms with Gasteiger partial charge in [0, 0.05) is 13.2 Å². The van der Waals surface area contributed by atoms with Crippen LogP contribution in [0.15, 0.2) is 16.2 Å². The molecule has 1 aliphatic rings. The fourth-order valence-electron chi connectivity index (χ4n) is 2.46. The predicted molar refractivity (Wildman–Crippen MR) is 76.6 cm³/mol. The summed E-state index contributed by atoms with van der Waals surface area (Å²) in [4.78, 5) is 8.53. The molecule has 112 valence electrons. The summed E-state index contributed by atoms with van der Waals surface area (Å²) in [5.74, 6) is 0.972. The highest BCUT2D eigenvalue weighted by Crippen LogP contribution is 2.33. The molecule has 0 aromatic carbocycles. The monoisotopic (exact) mass is 307 g/mol. The van der Waals surface area contributed by atoms with Crippen LogP contribution < -0.4 is 5.73 Å². The average molecular weight is 307 g/mol. The van der Waals surface area contributed by atoms with E-state index in [1.807, 2.05) is 4.68 Å². The minimum absolute atomic E-state index is 0.326. The number of aromatic nitrogens is 6. The number of nitrogen functional groups attached to an aromatic ring is 1. The van der Waals surface area contributed by atoms with Crippen LogP contribution >= 0.6 is 11.8 Å². The fourth-order valence-corrected chi connectivity index (χ4v) is 3.34. The number of hydrogen-bond donors (Lipinski definition) is 1. The number of nitrogens with zero attached hydrogens (tertiary/aromatic N) is 6. The fraction of sp³-hybridized carbons (Fsp3) is 0.583. The second kappa shape index (κ2) is 6.35. The van der Waals surface area contributed by atoms with Crippen molar-refractivity contribution in [3.05, 3.63) is 11.9 Å². The van der Waals surface area contributed by atoms with Gasteiger partial charge in [0.05, 0.1) is 6.04 Å². The minimum Gasteiger partial charge on any atom is -0.384 e. The first-order valence-corrected chi connectivity index (χ1v) is 7.66. The summed E-state index contributed by atoms with van der Waals surface area (Å²) in [6, 6.07) is 2.11. The Morgan fingerprint density at radius 2 is 2.19 bits per heavy atom. The number of nitrogens with two attached hydrogens (primary N) is 1. The molecule has 21 heavy (non-hydrogen) atoms. The van der Waals surface area contributed by atoms with E-state index in [0.29, 0.717) is 24.3 Å². The van der Waals surface area contributed by atoms with Crippen molar-refractivity contribution < 1.29 is 4.74 Å². The molecule has 1 saturated carbocycles. The summed E-state index contributed by atoms with van der Waals surface area (Å²) in [6.45, 7) is 0.326. The van der Waals surface area contributed by atoms with Gasteiger partial charge in [-0.25, -0.2) is 14.6 Å². The van der Waals surface area contributed by atoms with Crippen molar-refractivity contribution in [2.24, 2.45) is 0 Å². The molecular formula is C12H17N7OS. The van der Waals surface area contributed by atoms with E-state index in [0.717, 1.165) is 23.0 Å². The van der Waals surface area contributed by atoms with Crippen LogP contribution in [0.4, 0.5) is 5.82 Å². The summed E-state index contributed by atoms with van der Waals surface area (Å²) in [5.41, 5.74) is 5.80. The molecule has 2 N–H and O–H groups in total. The quantitative estimate of drug-likeness (QED) is 0.828. The average Bonchev–Trinajstić information content (AvgIpc) is 3.08. The van der Waals surface area contributed by atoms with Crippen LogP contribution in [0, 0.1) is 0 Å². The van der Waals surface area contributed by atoms with Gasteiger partial charge in [0.15, 0.2) is 5.82 Å². The maximum absolute atomic E-state index is 5.80. The van der Waals surface area contributed by atoms with Gasteiger partial charge in [-0.2, -0.15) is 0 Å². The van der Waals surface area contributed by atoms with Crippen molar-refractivity contribution in [3.8, 4) is 0 Å². The normalized spacial score (nSPS) is 15.7. The molecule has 8 nitrogen and oxygen atoms in total. The van der Waals surface area contributed by atoms with Crippen molar-refractivity contribution in [1.29, 1.82) is 0 Å². The summed E-state index contributed by atoms with van der Waals surface area (Å²) in [6.07, 6.45) is 4.71. The predicted octanol–water partition coefficient (Wildman–Crippen LogP) is 1.46. The van der Waals surface area contributed by atoms with E-state index >= 15 is 0 Å². The highest BCUT2D eigenvalue weighted by atomic mass is 32.2. The standard InChI is InChI=1S/C12H17N7OS/c1-20-7-10-14-9(13)6-11(15-10)21-12-16-17-18-19(12)8-4-2-3-5-8/h6,8H,2-5,7H2,1H3,(H2,13,14,15). The van der Waals surface area contributed by atoms with Crippen LogP contribution in [0.3, 0.4) is 0 Å². The number of rotatable bonds is 5. The Morgan fingerprint density at radius 3 is 2.95 bits per heavy atom. The smallest absolute Gasteiger partial charge is 0.215 e. The van der Waals surface area contributed by atoms with Crippen molar-refractivity contribution in [2.75, 3.05) is 12.8 Å². The van der Waals surface area contributed by atoms with E-state index in [2.05, 4.69) is 25.5 Å². The lowest BCUT2D eigenvalue weighted by atomic mass is 10.3. The molecule has 0 amide bonds. The van der Waals surface area contributed by atoms with Crippen molar-refractivity contribution in [2.45, 2.75) is 48.5 Å². The Kier molecular flexibility index (Phi) is 4.30. The maximum atomic E-state index is 5.80. The lowest BCUT2D eigenvalue weighted by Gasteiger charge is -2.10. The zero-order valence-corrected chi connectivity index (χ0v) is 12.6. The molecular weight excluding hydrogens is 290 g/mol. The van der Waals surface area contributed by atoms with Crippen LogP contribution in [0.2, 0.25) is 0 Å². The largest absolute Gasteiger partial charge is 0.384 e. The van der Waals surface area contributed by atoms with E-state index in [9.17, 15) is 0 Å². The molecule has 0 radical (unpaired) electrons. The maximum Gasteiger partial charge on any atom is 0.215 e. The van der Waals surface area contributed by atoms with Crippen molar-refractivity contribution in [3.63, 3.8) is 0 Å². The Labute approximate surface area is 126 Å². The van der Waals surface area contributed by atoms with Gasteiger partial charge in [0.2, 0.25) is 5.16 Å². The molecule has 0 unspecified atom stereocenters. The summed E-state index contributed by atoms with van der Waals surface area (Å²) < 4.78 is 6.94. The molecule has 0 saturated heterocycles. The van der Waals surface area contributed by atoms with E-state index in [1.54, 1.807) is 13.2 Å². The lowest BCUT2D eigenvalue weighted by Crippen LogP contribution is -2.08. The Morgan fingerprint density at radius 1 is 1.38 bits per heavy atom. The molecule has 2 heterocycles. The highest BCUT2D eigenvalue weighted by Gasteiger charge is 2.22. The van der Waals surface area contributed by atoms with Gasteiger partial charge in [0.1, 0.15) is 17.5 Å². The highest BCUT2D eigenvalue weighted by molar-refractivity contribution is 7.99. The third-order valence-electron chi connectivity index (χ3n) is 3.37. The third kappa shape index (κ3) is 3.30. The molecule has 2 aromatic rings. The van der Waals surface area contributed by atoms with Gasteiger partial charge in [-0.1, -0.05) is 12.8 Å². The zero-order valence-electron chi connectivity index (χ0n) is 11.8. The molecule has 1 aliphatic carbocycles. The molecule has 0 spiro atoms. The lowest BCUT2D eigenvalue weighted by molar-refractivity contribution is 0.177. The molecule has 0 atom stereocenters. The second-order valence-electron chi connectivity index (χ2n) is 4.93. The van der Waals surface area contributed by atoms with Gasteiger partial charge in [-0.15, -0.1) is 5.10 Å². The number of ether oxygens (including phenoxy) is 1. The van der Waals surface area contributed by atoms with E-state index < -0.39 is 0 Å². The molecule has 2 aromatic heterocycles. The van der Waals surface area contributed by atoms with E-state index in [1.165, 1.54) is 24.6 Å². The molecule has 0 bridgehead atoms. The van der Waals surface area contributed by atoms with Crippen LogP contribution in [0.25, 0.3) is 0 Å². The first-order valence-electron chi connectivity index (χ1n) is 6.84. The zero-order chi connectivity index (χ0) is 14.7. The van der Waals surface area contributed by atoms with Gasteiger partial charge < -0.3 is 10.5 Å². The summed E-state index contributed by atoms with van der Waals surface area (Å²) in [5, 5.41) is 13.5. The van der Waals surface area contributed by atoms with E-state index in [-0.39, 0.29) is 0 Å². The SMILES string of the molecule is COCc1nc(N)cc(Sc2nnnn2C2CCCC2)n1. The third-order valence-corrected chi connectivity index (χ3v) is 4.24. The Hall–Kier alpha value is -1.74. The Bertz CT molecular complexity index is 611. The number of tetrazole rings is 1. The second-order valence-corrected chi connectivity index (χ2v) is 5.91. The number of hydrogen-bond acceptors (Lipinski definition) is 8. The molecule has 1 fully saturated rings. The van der Waals surface area contributed by atoms with Crippen LogP contribution in [0.5, 0.6) is 0 Å². The topological polar surface area (TPSA) is 105 Å². The summed E-state index contributed by atoms with van der Waals surface area (Å²) in [7, 11) is 1.60. The molecule has 3 rings (SSSR count). The van der Waals surface area contributed by atoms with E-state index in [4.69, 9.17) is 10.5 Å². The van der Waals surface area contributed by atoms with Gasteiger partial charge in [-0.3, -0.25) is 0 Å². The van der Waals surface area contributed by atoms with Crippen molar-refractivity contribution >= 4 is 17.6 Å². The minimum atomic E-state index is 0.326. The molecule has 0 aliphatic heterocycles. The first kappa shape index (κ1) is 14.2. The van der Waals surface area contributed by atoms with Gasteiger partial charge in [0.25, 0.3) is 0 Å². The van der Waals surface area contributed by atoms with Crippen LogP contribution in [-0.4, -0.2) is 37.3 Å². The van der Waals surface area contributed by atoms with Crippen LogP contribution in [0.1, 0.15) is 37.5 Å². The Balaban J connectivity index is 1.82. The number of methoxy groups -OCH3 is 1. The van der Waals surface area contributed by atoms with Crippen molar-refractivity contribution in [1.82, 2.24) is 30.2 Å². The van der Waals surface area contributed by atoms with Gasteiger partial charge >= 0.3 is 0 Å². The van der Waals surface area contributed by atoms with Crippen LogP contribution in [-0.2, 0) is 11.3 Å². The molecule has 9 heteroatoms.